The molecular weight excluding hydrogens is 502 g/mol. The van der Waals surface area contributed by atoms with E-state index in [0.717, 1.165) is 29.3 Å². The highest BCUT2D eigenvalue weighted by atomic mass is 32.1. The lowest BCUT2D eigenvalue weighted by Crippen LogP contribution is -2.50. The average molecular weight is 525 g/mol. The number of amides is 2. The van der Waals surface area contributed by atoms with Gasteiger partial charge in [0, 0.05) is 38.4 Å². The van der Waals surface area contributed by atoms with E-state index in [0.29, 0.717) is 42.6 Å². The van der Waals surface area contributed by atoms with Gasteiger partial charge in [-0.1, -0.05) is 6.07 Å². The predicted octanol–water partition coefficient (Wildman–Crippen LogP) is 3.04. The SMILES string of the molecule is Cc1c(C(=O)Nc2ccc(F)cc2F)sc2ncn(CC(=O)N3CCN(c4ccccn4)CC3)c(=O)c12. The fourth-order valence-corrected chi connectivity index (χ4v) is 5.26. The third kappa shape index (κ3) is 4.92. The zero-order chi connectivity index (χ0) is 26.1. The molecule has 1 aliphatic heterocycles. The number of nitrogens with one attached hydrogen (secondary N) is 1. The summed E-state index contributed by atoms with van der Waals surface area (Å²) < 4.78 is 28.4. The number of piperazine rings is 1. The first-order valence-electron chi connectivity index (χ1n) is 11.5. The zero-order valence-corrected chi connectivity index (χ0v) is 20.6. The number of benzene rings is 1. The number of halogens is 2. The molecule has 0 unspecified atom stereocenters. The normalized spacial score (nSPS) is 13.7. The molecule has 4 aromatic rings. The second-order valence-corrected chi connectivity index (χ2v) is 9.55. The van der Waals surface area contributed by atoms with Crippen molar-refractivity contribution in [3.8, 4) is 0 Å². The number of anilines is 2. The van der Waals surface area contributed by atoms with Crippen molar-refractivity contribution < 1.29 is 18.4 Å². The van der Waals surface area contributed by atoms with Crippen LogP contribution in [0.25, 0.3) is 10.2 Å². The van der Waals surface area contributed by atoms with Crippen LogP contribution in [0, 0.1) is 18.6 Å². The van der Waals surface area contributed by atoms with Crippen molar-refractivity contribution in [2.24, 2.45) is 0 Å². The fourth-order valence-electron chi connectivity index (χ4n) is 4.23. The molecule has 4 heterocycles. The van der Waals surface area contributed by atoms with Gasteiger partial charge in [-0.15, -0.1) is 11.3 Å². The Morgan fingerprint density at radius 3 is 2.57 bits per heavy atom. The van der Waals surface area contributed by atoms with Crippen molar-refractivity contribution in [3.05, 3.63) is 81.4 Å². The number of pyridine rings is 1. The van der Waals surface area contributed by atoms with Gasteiger partial charge in [0.15, 0.2) is 0 Å². The van der Waals surface area contributed by atoms with Gasteiger partial charge in [0.05, 0.1) is 22.3 Å². The standard InChI is InChI=1S/C25H22F2N6O3S/c1-15-21-24(37-22(15)23(35)30-18-6-5-16(26)12-17(18)27)29-14-33(25(21)36)13-20(34)32-10-8-31(9-11-32)19-4-2-3-7-28-19/h2-7,12,14H,8-11,13H2,1H3,(H,30,35). The topological polar surface area (TPSA) is 100 Å². The second-order valence-electron chi connectivity index (χ2n) is 8.55. The van der Waals surface area contributed by atoms with Crippen LogP contribution in [0.4, 0.5) is 20.3 Å². The summed E-state index contributed by atoms with van der Waals surface area (Å²) in [7, 11) is 0. The lowest BCUT2D eigenvalue weighted by molar-refractivity contribution is -0.132. The number of nitrogens with zero attached hydrogens (tertiary/aromatic N) is 5. The summed E-state index contributed by atoms with van der Waals surface area (Å²) >= 11 is 0.988. The number of carbonyl (C=O) groups is 2. The highest BCUT2D eigenvalue weighted by molar-refractivity contribution is 7.20. The van der Waals surface area contributed by atoms with Crippen LogP contribution in [0.5, 0.6) is 0 Å². The molecule has 0 spiro atoms. The molecule has 0 atom stereocenters. The van der Waals surface area contributed by atoms with E-state index in [1.807, 2.05) is 18.2 Å². The number of hydrogen-bond donors (Lipinski definition) is 1. The summed E-state index contributed by atoms with van der Waals surface area (Å²) in [6.45, 7) is 3.68. The molecule has 5 rings (SSSR count). The molecule has 1 fully saturated rings. The molecule has 0 aliphatic carbocycles. The highest BCUT2D eigenvalue weighted by Crippen LogP contribution is 2.28. The monoisotopic (exact) mass is 524 g/mol. The number of thiophene rings is 1. The number of hydrogen-bond acceptors (Lipinski definition) is 7. The Morgan fingerprint density at radius 2 is 1.86 bits per heavy atom. The number of aromatic nitrogens is 3. The van der Waals surface area contributed by atoms with Crippen molar-refractivity contribution in [1.29, 1.82) is 0 Å². The number of carbonyl (C=O) groups excluding carboxylic acids is 2. The molecule has 190 valence electrons. The van der Waals surface area contributed by atoms with Crippen LogP contribution in [0.1, 0.15) is 15.2 Å². The van der Waals surface area contributed by atoms with Gasteiger partial charge in [-0.3, -0.25) is 19.0 Å². The molecule has 0 saturated carbocycles. The second kappa shape index (κ2) is 10.1. The van der Waals surface area contributed by atoms with E-state index in [4.69, 9.17) is 0 Å². The molecule has 3 aromatic heterocycles. The van der Waals surface area contributed by atoms with Crippen LogP contribution >= 0.6 is 11.3 Å². The number of rotatable bonds is 5. The maximum Gasteiger partial charge on any atom is 0.266 e. The Kier molecular flexibility index (Phi) is 6.66. The summed E-state index contributed by atoms with van der Waals surface area (Å²) in [6.07, 6.45) is 3.02. The third-order valence-corrected chi connectivity index (χ3v) is 7.41. The van der Waals surface area contributed by atoms with Crippen molar-refractivity contribution in [2.45, 2.75) is 13.5 Å². The Hall–Kier alpha value is -4.19. The van der Waals surface area contributed by atoms with Gasteiger partial charge in [-0.2, -0.15) is 0 Å². The van der Waals surface area contributed by atoms with Crippen molar-refractivity contribution in [1.82, 2.24) is 19.4 Å². The molecule has 0 bridgehead atoms. The van der Waals surface area contributed by atoms with Crippen LogP contribution < -0.4 is 15.8 Å². The molecule has 1 aliphatic rings. The van der Waals surface area contributed by atoms with Crippen LogP contribution in [0.3, 0.4) is 0 Å². The van der Waals surface area contributed by atoms with E-state index in [1.165, 1.54) is 10.9 Å². The van der Waals surface area contributed by atoms with E-state index in [9.17, 15) is 23.2 Å². The minimum Gasteiger partial charge on any atom is -0.353 e. The summed E-state index contributed by atoms with van der Waals surface area (Å²) in [5.74, 6) is -1.66. The molecule has 1 aromatic carbocycles. The first kappa shape index (κ1) is 24.5. The lowest BCUT2D eigenvalue weighted by Gasteiger charge is -2.35. The van der Waals surface area contributed by atoms with Crippen molar-refractivity contribution in [2.75, 3.05) is 36.4 Å². The average Bonchev–Trinajstić information content (AvgIpc) is 3.25. The number of fused-ring (bicyclic) bond motifs is 1. The Labute approximate surface area is 214 Å². The molecular formula is C25H22F2N6O3S. The van der Waals surface area contributed by atoms with E-state index >= 15 is 0 Å². The van der Waals surface area contributed by atoms with E-state index in [2.05, 4.69) is 20.2 Å². The van der Waals surface area contributed by atoms with Gasteiger partial charge in [0.25, 0.3) is 11.5 Å². The quantitative estimate of drug-likeness (QED) is 0.431. The molecule has 12 heteroatoms. The molecule has 1 N–H and O–H groups in total. The smallest absolute Gasteiger partial charge is 0.266 e. The summed E-state index contributed by atoms with van der Waals surface area (Å²) in [5, 5.41) is 2.63. The lowest BCUT2D eigenvalue weighted by atomic mass is 10.2. The van der Waals surface area contributed by atoms with Crippen LogP contribution in [0.2, 0.25) is 0 Å². The van der Waals surface area contributed by atoms with Crippen LogP contribution in [0.15, 0.2) is 53.7 Å². The number of aryl methyl sites for hydroxylation is 1. The third-order valence-electron chi connectivity index (χ3n) is 6.21. The van der Waals surface area contributed by atoms with Gasteiger partial charge in [-0.05, 0) is 36.8 Å². The van der Waals surface area contributed by atoms with Crippen molar-refractivity contribution in [3.63, 3.8) is 0 Å². The van der Waals surface area contributed by atoms with Gasteiger partial charge in [-0.25, -0.2) is 18.7 Å². The first-order valence-corrected chi connectivity index (χ1v) is 12.3. The molecule has 0 radical (unpaired) electrons. The van der Waals surface area contributed by atoms with E-state index in [1.54, 1.807) is 18.0 Å². The molecule has 1 saturated heterocycles. The first-order chi connectivity index (χ1) is 17.8. The predicted molar refractivity (Wildman–Crippen MR) is 136 cm³/mol. The van der Waals surface area contributed by atoms with E-state index < -0.39 is 23.1 Å². The largest absolute Gasteiger partial charge is 0.353 e. The summed E-state index contributed by atoms with van der Waals surface area (Å²) in [5.41, 5.74) is -0.239. The van der Waals surface area contributed by atoms with Crippen LogP contribution in [-0.2, 0) is 11.3 Å². The highest BCUT2D eigenvalue weighted by Gasteiger charge is 2.24. The Morgan fingerprint density at radius 1 is 1.08 bits per heavy atom. The summed E-state index contributed by atoms with van der Waals surface area (Å²) in [4.78, 5) is 51.9. The molecule has 9 nitrogen and oxygen atoms in total. The fraction of sp³-hybridized carbons (Fsp3) is 0.240. The zero-order valence-electron chi connectivity index (χ0n) is 19.8. The Bertz CT molecular complexity index is 1550. The molecule has 2 amide bonds. The minimum absolute atomic E-state index is 0.178. The maximum atomic E-state index is 14.0. The summed E-state index contributed by atoms with van der Waals surface area (Å²) in [6, 6.07) is 8.51. The Balaban J connectivity index is 1.30. The van der Waals surface area contributed by atoms with Gasteiger partial charge in [0.1, 0.15) is 28.8 Å². The van der Waals surface area contributed by atoms with Crippen LogP contribution in [-0.4, -0.2) is 57.4 Å². The van der Waals surface area contributed by atoms with Gasteiger partial charge < -0.3 is 15.1 Å². The maximum absolute atomic E-state index is 14.0. The van der Waals surface area contributed by atoms with E-state index in [-0.39, 0.29) is 28.4 Å². The van der Waals surface area contributed by atoms with Crippen molar-refractivity contribution >= 4 is 44.9 Å². The minimum atomic E-state index is -0.910. The molecule has 37 heavy (non-hydrogen) atoms. The van der Waals surface area contributed by atoms with Gasteiger partial charge in [0.2, 0.25) is 5.91 Å². The van der Waals surface area contributed by atoms with Gasteiger partial charge >= 0.3 is 0 Å².